The molecule has 0 atom stereocenters. The molecule has 0 spiro atoms. The number of halogens is 1. The molecule has 4 rings (SSSR count). The van der Waals surface area contributed by atoms with Gasteiger partial charge in [0, 0.05) is 17.7 Å². The molecule has 0 radical (unpaired) electrons. The number of nitrogens with zero attached hydrogens (tertiary/aromatic N) is 1. The van der Waals surface area contributed by atoms with E-state index in [-0.39, 0.29) is 5.82 Å². The van der Waals surface area contributed by atoms with Crippen molar-refractivity contribution < 1.29 is 8.96 Å². The van der Waals surface area contributed by atoms with Crippen LogP contribution in [-0.4, -0.2) is 16.1 Å². The quantitative estimate of drug-likeness (QED) is 0.235. The van der Waals surface area contributed by atoms with Crippen LogP contribution in [-0.2, 0) is 7.05 Å². The summed E-state index contributed by atoms with van der Waals surface area (Å²) in [5.41, 5.74) is 6.08. The molecule has 0 unspecified atom stereocenters. The normalized spacial score (nSPS) is 12.4. The van der Waals surface area contributed by atoms with Gasteiger partial charge in [0.1, 0.15) is 12.9 Å². The van der Waals surface area contributed by atoms with E-state index >= 15 is 0 Å². The Morgan fingerprint density at radius 3 is 1.97 bits per heavy atom. The fourth-order valence-corrected chi connectivity index (χ4v) is 7.37. The molecular formula is C29H35FNSi2+. The molecule has 0 bridgehead atoms. The van der Waals surface area contributed by atoms with E-state index in [1.165, 1.54) is 38.3 Å². The van der Waals surface area contributed by atoms with Crippen LogP contribution in [0.2, 0.25) is 39.3 Å². The van der Waals surface area contributed by atoms with Crippen LogP contribution in [0.4, 0.5) is 4.39 Å². The van der Waals surface area contributed by atoms with Crippen molar-refractivity contribution in [3.63, 3.8) is 0 Å². The van der Waals surface area contributed by atoms with E-state index in [9.17, 15) is 4.39 Å². The van der Waals surface area contributed by atoms with Gasteiger partial charge in [-0.2, -0.15) is 0 Å². The van der Waals surface area contributed by atoms with Gasteiger partial charge in [0.2, 0.25) is 5.69 Å². The highest BCUT2D eigenvalue weighted by atomic mass is 28.3. The molecule has 0 saturated heterocycles. The summed E-state index contributed by atoms with van der Waals surface area (Å²) >= 11 is 0. The number of rotatable bonds is 4. The zero-order valence-corrected chi connectivity index (χ0v) is 23.2. The summed E-state index contributed by atoms with van der Waals surface area (Å²) in [5, 5.41) is 5.00. The van der Waals surface area contributed by atoms with Gasteiger partial charge < -0.3 is 0 Å². The van der Waals surface area contributed by atoms with E-state index in [0.29, 0.717) is 0 Å². The van der Waals surface area contributed by atoms with Gasteiger partial charge in [-0.15, -0.1) is 0 Å². The maximum Gasteiger partial charge on any atom is 0.213 e. The number of fused-ring (bicyclic) bond motifs is 1. The van der Waals surface area contributed by atoms with Gasteiger partial charge in [-0.1, -0.05) is 80.0 Å². The summed E-state index contributed by atoms with van der Waals surface area (Å²) in [4.78, 5) is 0. The van der Waals surface area contributed by atoms with Crippen LogP contribution in [0.3, 0.4) is 0 Å². The molecule has 0 aliphatic carbocycles. The Labute approximate surface area is 200 Å². The average molecular weight is 473 g/mol. The second-order valence-corrected chi connectivity index (χ2v) is 21.4. The topological polar surface area (TPSA) is 3.88 Å². The van der Waals surface area contributed by atoms with Crippen LogP contribution in [0.1, 0.15) is 5.56 Å². The minimum Gasteiger partial charge on any atom is -0.207 e. The molecule has 3 aromatic carbocycles. The Morgan fingerprint density at radius 1 is 0.697 bits per heavy atom. The molecule has 0 fully saturated rings. The minimum atomic E-state index is -1.70. The zero-order chi connectivity index (χ0) is 24.1. The lowest BCUT2D eigenvalue weighted by atomic mass is 9.95. The summed E-state index contributed by atoms with van der Waals surface area (Å²) in [6.07, 6.45) is 2.15. The second-order valence-electron chi connectivity index (χ2n) is 11.3. The first-order valence-electron chi connectivity index (χ1n) is 11.7. The van der Waals surface area contributed by atoms with Crippen molar-refractivity contribution in [2.75, 3.05) is 0 Å². The molecule has 4 heteroatoms. The molecule has 33 heavy (non-hydrogen) atoms. The smallest absolute Gasteiger partial charge is 0.207 e. The monoisotopic (exact) mass is 472 g/mol. The number of hydrogen-bond acceptors (Lipinski definition) is 0. The predicted molar refractivity (Wildman–Crippen MR) is 147 cm³/mol. The van der Waals surface area contributed by atoms with Gasteiger partial charge in [0.05, 0.1) is 16.1 Å². The molecule has 4 aromatic rings. The van der Waals surface area contributed by atoms with Crippen LogP contribution in [0, 0.1) is 12.7 Å². The number of aryl methyl sites for hydroxylation is 2. The lowest BCUT2D eigenvalue weighted by Gasteiger charge is -2.22. The van der Waals surface area contributed by atoms with Gasteiger partial charge in [0.25, 0.3) is 0 Å². The summed E-state index contributed by atoms with van der Waals surface area (Å²) in [5.74, 6) is -0.163. The molecule has 170 valence electrons. The number of pyridine rings is 1. The number of benzene rings is 3. The Kier molecular flexibility index (Phi) is 5.96. The average Bonchev–Trinajstić information content (AvgIpc) is 2.73. The Balaban J connectivity index is 1.92. The fourth-order valence-electron chi connectivity index (χ4n) is 4.61. The fraction of sp³-hybridized carbons (Fsp3) is 0.276. The third kappa shape index (κ3) is 4.59. The minimum absolute atomic E-state index is 0.163. The molecule has 0 saturated carbocycles. The highest BCUT2D eigenvalue weighted by Gasteiger charge is 2.25. The van der Waals surface area contributed by atoms with E-state index < -0.39 is 16.1 Å². The molecule has 0 amide bonds. The largest absolute Gasteiger partial charge is 0.213 e. The Bertz CT molecular complexity index is 1340. The van der Waals surface area contributed by atoms with E-state index in [0.717, 1.165) is 10.8 Å². The standard InChI is InChI=1S/C29H35FNSi2/c1-20-25-14-11-23(30)18-27(25)29(33(6,7)8)19-26(20)28-17-22(15-16-31(28)2)21-9-12-24(13-10-21)32(3,4)5/h9-19H,1-8H3/q+1. The molecule has 1 aromatic heterocycles. The van der Waals surface area contributed by atoms with E-state index in [2.05, 4.69) is 106 Å². The maximum atomic E-state index is 14.2. The van der Waals surface area contributed by atoms with Gasteiger partial charge >= 0.3 is 0 Å². The third-order valence-corrected chi connectivity index (χ3v) is 10.8. The van der Waals surface area contributed by atoms with E-state index in [1.54, 1.807) is 12.1 Å². The van der Waals surface area contributed by atoms with Gasteiger partial charge in [0.15, 0.2) is 6.20 Å². The molecule has 0 aliphatic rings. The second kappa shape index (κ2) is 8.33. The first kappa shape index (κ1) is 23.6. The Morgan fingerprint density at radius 2 is 1.36 bits per heavy atom. The lowest BCUT2D eigenvalue weighted by Crippen LogP contribution is -2.39. The molecule has 1 heterocycles. The van der Waals surface area contributed by atoms with Gasteiger partial charge in [-0.3, -0.25) is 0 Å². The van der Waals surface area contributed by atoms with Crippen LogP contribution in [0.25, 0.3) is 33.2 Å². The third-order valence-electron chi connectivity index (χ3n) is 6.69. The lowest BCUT2D eigenvalue weighted by molar-refractivity contribution is -0.660. The Hall–Kier alpha value is -2.57. The predicted octanol–water partition coefficient (Wildman–Crippen LogP) is 6.54. The van der Waals surface area contributed by atoms with Crippen LogP contribution in [0.15, 0.2) is 66.9 Å². The molecule has 1 nitrogen and oxygen atoms in total. The summed E-state index contributed by atoms with van der Waals surface area (Å²) < 4.78 is 16.4. The van der Waals surface area contributed by atoms with Crippen molar-refractivity contribution in [1.29, 1.82) is 0 Å². The zero-order valence-electron chi connectivity index (χ0n) is 21.2. The van der Waals surface area contributed by atoms with Crippen molar-refractivity contribution >= 4 is 37.3 Å². The summed E-state index contributed by atoms with van der Waals surface area (Å²) in [6, 6.07) is 21.2. The number of aromatic nitrogens is 1. The van der Waals surface area contributed by atoms with Crippen molar-refractivity contribution in [3.05, 3.63) is 78.2 Å². The molecular weight excluding hydrogens is 437 g/mol. The SMILES string of the molecule is Cc1c(-c2cc(-c3ccc([Si](C)(C)C)cc3)cc[n+]2C)cc([Si](C)(C)C)c2cc(F)ccc12. The maximum absolute atomic E-state index is 14.2. The van der Waals surface area contributed by atoms with Crippen molar-refractivity contribution in [1.82, 2.24) is 0 Å². The van der Waals surface area contributed by atoms with E-state index in [4.69, 9.17) is 0 Å². The number of hydrogen-bond donors (Lipinski definition) is 0. The molecule has 0 aliphatic heterocycles. The van der Waals surface area contributed by atoms with Crippen molar-refractivity contribution in [3.8, 4) is 22.4 Å². The first-order chi connectivity index (χ1) is 15.4. The van der Waals surface area contributed by atoms with Crippen molar-refractivity contribution in [2.24, 2.45) is 7.05 Å². The van der Waals surface area contributed by atoms with Crippen molar-refractivity contribution in [2.45, 2.75) is 46.2 Å². The van der Waals surface area contributed by atoms with Crippen LogP contribution < -0.4 is 14.9 Å². The van der Waals surface area contributed by atoms with Crippen LogP contribution in [0.5, 0.6) is 0 Å². The van der Waals surface area contributed by atoms with Gasteiger partial charge in [-0.05, 0) is 52.6 Å². The molecule has 0 N–H and O–H groups in total. The summed E-state index contributed by atoms with van der Waals surface area (Å²) in [6.45, 7) is 16.3. The first-order valence-corrected chi connectivity index (χ1v) is 18.7. The van der Waals surface area contributed by atoms with E-state index in [1.807, 2.05) is 6.07 Å². The highest BCUT2D eigenvalue weighted by molar-refractivity contribution is 6.90. The van der Waals surface area contributed by atoms with Crippen LogP contribution >= 0.6 is 0 Å². The highest BCUT2D eigenvalue weighted by Crippen LogP contribution is 2.31. The van der Waals surface area contributed by atoms with Gasteiger partial charge in [-0.25, -0.2) is 8.96 Å². The summed E-state index contributed by atoms with van der Waals surface area (Å²) in [7, 11) is -0.911.